The normalized spacial score (nSPS) is 27.5. The van der Waals surface area contributed by atoms with E-state index in [9.17, 15) is 9.59 Å². The number of carboxylic acid groups (broad SMARTS) is 1. The van der Waals surface area contributed by atoms with Gasteiger partial charge in [-0.25, -0.2) is 0 Å². The molecule has 0 aliphatic carbocycles. The van der Waals surface area contributed by atoms with Crippen molar-refractivity contribution in [1.29, 1.82) is 0 Å². The maximum Gasteiger partial charge on any atom is 0.308 e. The van der Waals surface area contributed by atoms with Crippen molar-refractivity contribution in [3.63, 3.8) is 0 Å². The molecule has 0 bridgehead atoms. The summed E-state index contributed by atoms with van der Waals surface area (Å²) in [7, 11) is 1.65. The van der Waals surface area contributed by atoms with E-state index >= 15 is 0 Å². The third-order valence-corrected chi connectivity index (χ3v) is 2.73. The Balaban J connectivity index is 2.85. The summed E-state index contributed by atoms with van der Waals surface area (Å²) in [5.41, 5.74) is -0.421. The Morgan fingerprint density at radius 2 is 2.15 bits per heavy atom. The molecular formula is C9H15NO3. The number of piperidine rings is 1. The van der Waals surface area contributed by atoms with E-state index in [-0.39, 0.29) is 5.91 Å². The number of nitrogens with zero attached hydrogens (tertiary/aromatic N) is 1. The number of carbonyl (C=O) groups excluding carboxylic acids is 1. The molecule has 1 fully saturated rings. The number of carbonyl (C=O) groups is 2. The van der Waals surface area contributed by atoms with Crippen LogP contribution in [0, 0.1) is 11.3 Å². The first-order chi connectivity index (χ1) is 5.84. The lowest BCUT2D eigenvalue weighted by Crippen LogP contribution is -2.49. The van der Waals surface area contributed by atoms with Gasteiger partial charge in [0.25, 0.3) is 0 Å². The molecule has 1 amide bonds. The molecule has 1 N–H and O–H groups in total. The summed E-state index contributed by atoms with van der Waals surface area (Å²) in [6.45, 7) is 3.98. The quantitative estimate of drug-likeness (QED) is 0.650. The Morgan fingerprint density at radius 3 is 2.62 bits per heavy atom. The van der Waals surface area contributed by atoms with E-state index in [2.05, 4.69) is 0 Å². The molecule has 0 aromatic rings. The van der Waals surface area contributed by atoms with Crippen LogP contribution in [0.25, 0.3) is 0 Å². The Labute approximate surface area is 77.5 Å². The van der Waals surface area contributed by atoms with Crippen LogP contribution < -0.4 is 0 Å². The van der Waals surface area contributed by atoms with Crippen LogP contribution in [-0.2, 0) is 9.59 Å². The van der Waals surface area contributed by atoms with Crippen LogP contribution in [0.4, 0.5) is 0 Å². The maximum atomic E-state index is 11.3. The van der Waals surface area contributed by atoms with Gasteiger partial charge in [-0.15, -0.1) is 0 Å². The summed E-state index contributed by atoms with van der Waals surface area (Å²) in [4.78, 5) is 23.7. The minimum Gasteiger partial charge on any atom is -0.481 e. The van der Waals surface area contributed by atoms with Gasteiger partial charge in [-0.2, -0.15) is 0 Å². The van der Waals surface area contributed by atoms with Gasteiger partial charge in [0.2, 0.25) is 5.91 Å². The Hall–Kier alpha value is -1.06. The number of aliphatic carboxylic acids is 1. The van der Waals surface area contributed by atoms with Crippen molar-refractivity contribution >= 4 is 11.9 Å². The van der Waals surface area contributed by atoms with Crippen LogP contribution in [0.15, 0.2) is 0 Å². The fourth-order valence-electron chi connectivity index (χ4n) is 1.68. The van der Waals surface area contributed by atoms with Gasteiger partial charge in [-0.1, -0.05) is 13.8 Å². The van der Waals surface area contributed by atoms with Crippen molar-refractivity contribution in [2.24, 2.45) is 11.3 Å². The Kier molecular flexibility index (Phi) is 2.32. The lowest BCUT2D eigenvalue weighted by Gasteiger charge is -2.39. The molecule has 74 valence electrons. The summed E-state index contributed by atoms with van der Waals surface area (Å²) < 4.78 is 0. The van der Waals surface area contributed by atoms with Crippen molar-refractivity contribution in [3.8, 4) is 0 Å². The molecule has 0 spiro atoms. The summed E-state index contributed by atoms with van der Waals surface area (Å²) in [5.74, 6) is -1.23. The van der Waals surface area contributed by atoms with E-state index < -0.39 is 17.3 Å². The predicted molar refractivity (Wildman–Crippen MR) is 47.2 cm³/mol. The zero-order chi connectivity index (χ0) is 10.2. The highest BCUT2D eigenvalue weighted by molar-refractivity contribution is 5.81. The number of rotatable bonds is 1. The van der Waals surface area contributed by atoms with Crippen molar-refractivity contribution in [3.05, 3.63) is 0 Å². The monoisotopic (exact) mass is 185 g/mol. The second-order valence-corrected chi connectivity index (χ2v) is 4.33. The number of likely N-dealkylation sites (tertiary alicyclic amines) is 1. The van der Waals surface area contributed by atoms with Crippen molar-refractivity contribution < 1.29 is 14.7 Å². The van der Waals surface area contributed by atoms with E-state index in [0.29, 0.717) is 13.0 Å². The number of hydrogen-bond donors (Lipinski definition) is 1. The van der Waals surface area contributed by atoms with E-state index in [1.807, 2.05) is 13.8 Å². The molecule has 1 heterocycles. The Morgan fingerprint density at radius 1 is 1.62 bits per heavy atom. The van der Waals surface area contributed by atoms with Crippen molar-refractivity contribution in [2.75, 3.05) is 13.6 Å². The number of hydrogen-bond acceptors (Lipinski definition) is 2. The Bertz CT molecular complexity index is 247. The summed E-state index contributed by atoms with van der Waals surface area (Å²) in [6.07, 6.45) is 0.320. The van der Waals surface area contributed by atoms with Gasteiger partial charge in [0.1, 0.15) is 0 Å². The van der Waals surface area contributed by atoms with E-state index in [1.165, 1.54) is 4.90 Å². The molecule has 13 heavy (non-hydrogen) atoms. The molecule has 0 aromatic carbocycles. The number of amides is 1. The zero-order valence-corrected chi connectivity index (χ0v) is 8.20. The molecule has 1 unspecified atom stereocenters. The minimum atomic E-state index is -0.815. The zero-order valence-electron chi connectivity index (χ0n) is 8.20. The van der Waals surface area contributed by atoms with Gasteiger partial charge in [0.05, 0.1) is 5.92 Å². The summed E-state index contributed by atoms with van der Waals surface area (Å²) >= 11 is 0. The number of carboxylic acids is 1. The first-order valence-corrected chi connectivity index (χ1v) is 4.31. The van der Waals surface area contributed by atoms with Gasteiger partial charge >= 0.3 is 5.97 Å². The highest BCUT2D eigenvalue weighted by Gasteiger charge is 2.42. The molecular weight excluding hydrogens is 170 g/mol. The molecule has 1 rings (SSSR count). The van der Waals surface area contributed by atoms with Crippen LogP contribution in [0.5, 0.6) is 0 Å². The fourth-order valence-corrected chi connectivity index (χ4v) is 1.68. The lowest BCUT2D eigenvalue weighted by atomic mass is 9.73. The summed E-state index contributed by atoms with van der Waals surface area (Å²) in [6, 6.07) is 0. The van der Waals surface area contributed by atoms with Crippen LogP contribution >= 0.6 is 0 Å². The van der Waals surface area contributed by atoms with Gasteiger partial charge in [-0.05, 0) is 5.41 Å². The van der Waals surface area contributed by atoms with Crippen molar-refractivity contribution in [2.45, 2.75) is 20.3 Å². The van der Waals surface area contributed by atoms with E-state index in [1.54, 1.807) is 7.05 Å². The second kappa shape index (κ2) is 3.01. The van der Waals surface area contributed by atoms with Crippen LogP contribution in [0.2, 0.25) is 0 Å². The minimum absolute atomic E-state index is 0.0301. The standard InChI is InChI=1S/C9H15NO3/c1-9(2)4-7(11)10(3)5-6(9)8(12)13/h6H,4-5H2,1-3H3,(H,12,13). The topological polar surface area (TPSA) is 57.6 Å². The molecule has 1 aliphatic heterocycles. The average Bonchev–Trinajstić information content (AvgIpc) is 1.95. The van der Waals surface area contributed by atoms with Gasteiger partial charge < -0.3 is 10.0 Å². The van der Waals surface area contributed by atoms with E-state index in [4.69, 9.17) is 5.11 Å². The van der Waals surface area contributed by atoms with Crippen molar-refractivity contribution in [1.82, 2.24) is 4.90 Å². The molecule has 4 heteroatoms. The molecule has 4 nitrogen and oxygen atoms in total. The van der Waals surface area contributed by atoms with Crippen LogP contribution in [-0.4, -0.2) is 35.5 Å². The molecule has 1 aliphatic rings. The molecule has 0 saturated carbocycles. The third-order valence-electron chi connectivity index (χ3n) is 2.73. The van der Waals surface area contributed by atoms with Gasteiger partial charge in [0, 0.05) is 20.0 Å². The predicted octanol–water partition coefficient (Wildman–Crippen LogP) is 0.575. The highest BCUT2D eigenvalue weighted by atomic mass is 16.4. The second-order valence-electron chi connectivity index (χ2n) is 4.33. The summed E-state index contributed by atoms with van der Waals surface area (Å²) in [5, 5.41) is 8.94. The fraction of sp³-hybridized carbons (Fsp3) is 0.778. The van der Waals surface area contributed by atoms with Gasteiger partial charge in [0.15, 0.2) is 0 Å². The first kappa shape index (κ1) is 10.0. The molecule has 1 atom stereocenters. The van der Waals surface area contributed by atoms with E-state index in [0.717, 1.165) is 0 Å². The lowest BCUT2D eigenvalue weighted by molar-refractivity contribution is -0.154. The van der Waals surface area contributed by atoms with Crippen LogP contribution in [0.3, 0.4) is 0 Å². The molecule has 0 radical (unpaired) electrons. The highest BCUT2D eigenvalue weighted by Crippen LogP contribution is 2.35. The molecule has 1 saturated heterocycles. The first-order valence-electron chi connectivity index (χ1n) is 4.31. The third kappa shape index (κ3) is 1.82. The molecule has 0 aromatic heterocycles. The average molecular weight is 185 g/mol. The largest absolute Gasteiger partial charge is 0.481 e. The SMILES string of the molecule is CN1CC(C(=O)O)C(C)(C)CC1=O. The maximum absolute atomic E-state index is 11.3. The smallest absolute Gasteiger partial charge is 0.308 e. The van der Waals surface area contributed by atoms with Crippen LogP contribution in [0.1, 0.15) is 20.3 Å². The van der Waals surface area contributed by atoms with Gasteiger partial charge in [-0.3, -0.25) is 9.59 Å².